The van der Waals surface area contributed by atoms with E-state index >= 15 is 0 Å². The summed E-state index contributed by atoms with van der Waals surface area (Å²) in [6, 6.07) is 10.1. The number of rotatable bonds is 8. The van der Waals surface area contributed by atoms with Crippen molar-refractivity contribution in [3.8, 4) is 0 Å². The predicted molar refractivity (Wildman–Crippen MR) is 93.6 cm³/mol. The number of nitrogens with zero attached hydrogens (tertiary/aromatic N) is 1. The summed E-state index contributed by atoms with van der Waals surface area (Å²) in [6.07, 6.45) is 3.66. The lowest BCUT2D eigenvalue weighted by Gasteiger charge is -2.31. The molecule has 1 fully saturated rings. The highest BCUT2D eigenvalue weighted by Crippen LogP contribution is 2.18. The number of benzene rings is 1. The fourth-order valence-corrected chi connectivity index (χ4v) is 3.02. The fourth-order valence-electron chi connectivity index (χ4n) is 3.02. The van der Waals surface area contributed by atoms with Gasteiger partial charge in [0.2, 0.25) is 11.8 Å². The molecule has 5 heteroatoms. The van der Waals surface area contributed by atoms with E-state index in [0.717, 1.165) is 25.7 Å². The molecule has 132 valence electrons. The lowest BCUT2D eigenvalue weighted by Crippen LogP contribution is -2.43. The molecule has 0 unspecified atom stereocenters. The number of carbonyl (C=O) groups is 2. The Morgan fingerprint density at radius 3 is 2.58 bits per heavy atom. The zero-order chi connectivity index (χ0) is 17.2. The Hall–Kier alpha value is -1.88. The SMILES string of the molecule is COCCCNC(=O)C1CCN(C(=O)CCc2ccccc2)CC1. The predicted octanol–water partition coefficient (Wildman–Crippen LogP) is 2.01. The van der Waals surface area contributed by atoms with Crippen molar-refractivity contribution in [2.75, 3.05) is 33.4 Å². The minimum absolute atomic E-state index is 0.0331. The van der Waals surface area contributed by atoms with Gasteiger partial charge in [-0.1, -0.05) is 30.3 Å². The summed E-state index contributed by atoms with van der Waals surface area (Å²) in [5.41, 5.74) is 1.19. The van der Waals surface area contributed by atoms with Crippen molar-refractivity contribution in [2.45, 2.75) is 32.1 Å². The van der Waals surface area contributed by atoms with Gasteiger partial charge < -0.3 is 15.0 Å². The van der Waals surface area contributed by atoms with Crippen LogP contribution < -0.4 is 5.32 Å². The second kappa shape index (κ2) is 10.1. The number of likely N-dealkylation sites (tertiary alicyclic amines) is 1. The topological polar surface area (TPSA) is 58.6 Å². The van der Waals surface area contributed by atoms with Crippen molar-refractivity contribution in [1.29, 1.82) is 0 Å². The molecule has 1 aromatic carbocycles. The maximum Gasteiger partial charge on any atom is 0.223 e. The summed E-state index contributed by atoms with van der Waals surface area (Å²) >= 11 is 0. The molecule has 2 amide bonds. The first-order valence-electron chi connectivity index (χ1n) is 8.79. The van der Waals surface area contributed by atoms with Gasteiger partial charge in [0, 0.05) is 45.7 Å². The third-order valence-electron chi connectivity index (χ3n) is 4.51. The van der Waals surface area contributed by atoms with Crippen molar-refractivity contribution in [3.05, 3.63) is 35.9 Å². The molecule has 1 aliphatic rings. The van der Waals surface area contributed by atoms with Crippen LogP contribution in [0.4, 0.5) is 0 Å². The van der Waals surface area contributed by atoms with E-state index in [9.17, 15) is 9.59 Å². The Labute approximate surface area is 144 Å². The third-order valence-corrected chi connectivity index (χ3v) is 4.51. The standard InChI is InChI=1S/C19H28N2O3/c1-24-15-5-12-20-19(23)17-10-13-21(14-11-17)18(22)9-8-16-6-3-2-4-7-16/h2-4,6-7,17H,5,8-15H2,1H3,(H,20,23). The van der Waals surface area contributed by atoms with Gasteiger partial charge in [-0.05, 0) is 31.2 Å². The Morgan fingerprint density at radius 2 is 1.92 bits per heavy atom. The normalized spacial score (nSPS) is 15.3. The van der Waals surface area contributed by atoms with Crippen LogP contribution >= 0.6 is 0 Å². The zero-order valence-corrected chi connectivity index (χ0v) is 14.5. The minimum Gasteiger partial charge on any atom is -0.385 e. The number of nitrogens with one attached hydrogen (secondary N) is 1. The highest BCUT2D eigenvalue weighted by molar-refractivity contribution is 5.80. The molecule has 1 N–H and O–H groups in total. The Kier molecular flexibility index (Phi) is 7.75. The number of carbonyl (C=O) groups excluding carboxylic acids is 2. The van der Waals surface area contributed by atoms with Gasteiger partial charge in [0.05, 0.1) is 0 Å². The Balaban J connectivity index is 1.66. The second-order valence-corrected chi connectivity index (χ2v) is 6.28. The quantitative estimate of drug-likeness (QED) is 0.741. The van der Waals surface area contributed by atoms with E-state index in [2.05, 4.69) is 5.32 Å². The highest BCUT2D eigenvalue weighted by Gasteiger charge is 2.26. The molecular weight excluding hydrogens is 304 g/mol. The lowest BCUT2D eigenvalue weighted by molar-refractivity contribution is -0.135. The third kappa shape index (κ3) is 5.96. The van der Waals surface area contributed by atoms with Crippen molar-refractivity contribution < 1.29 is 14.3 Å². The summed E-state index contributed by atoms with van der Waals surface area (Å²) in [5, 5.41) is 2.96. The monoisotopic (exact) mass is 332 g/mol. The fraction of sp³-hybridized carbons (Fsp3) is 0.579. The molecule has 2 rings (SSSR count). The molecule has 0 saturated carbocycles. The summed E-state index contributed by atoms with van der Waals surface area (Å²) in [4.78, 5) is 26.3. The van der Waals surface area contributed by atoms with Crippen LogP contribution in [0.3, 0.4) is 0 Å². The highest BCUT2D eigenvalue weighted by atomic mass is 16.5. The van der Waals surface area contributed by atoms with Crippen LogP contribution in [0.2, 0.25) is 0 Å². The van der Waals surface area contributed by atoms with Crippen molar-refractivity contribution >= 4 is 11.8 Å². The number of hydrogen-bond acceptors (Lipinski definition) is 3. The van der Waals surface area contributed by atoms with E-state index in [0.29, 0.717) is 32.7 Å². The molecule has 1 aliphatic heterocycles. The van der Waals surface area contributed by atoms with E-state index in [-0.39, 0.29) is 17.7 Å². The molecule has 5 nitrogen and oxygen atoms in total. The second-order valence-electron chi connectivity index (χ2n) is 6.28. The molecule has 1 aromatic rings. The molecular formula is C19H28N2O3. The van der Waals surface area contributed by atoms with Gasteiger partial charge >= 0.3 is 0 Å². The smallest absolute Gasteiger partial charge is 0.223 e. The number of ether oxygens (including phenoxy) is 1. The maximum atomic E-state index is 12.3. The van der Waals surface area contributed by atoms with Crippen LogP contribution in [0.25, 0.3) is 0 Å². The average molecular weight is 332 g/mol. The number of amides is 2. The first-order chi connectivity index (χ1) is 11.7. The molecule has 1 saturated heterocycles. The van der Waals surface area contributed by atoms with Gasteiger partial charge in [-0.2, -0.15) is 0 Å². The first kappa shape index (κ1) is 18.5. The number of methoxy groups -OCH3 is 1. The summed E-state index contributed by atoms with van der Waals surface area (Å²) < 4.78 is 4.97. The van der Waals surface area contributed by atoms with E-state index < -0.39 is 0 Å². The molecule has 0 spiro atoms. The first-order valence-corrected chi connectivity index (χ1v) is 8.79. The summed E-state index contributed by atoms with van der Waals surface area (Å²) in [6.45, 7) is 2.69. The van der Waals surface area contributed by atoms with Crippen LogP contribution in [0.1, 0.15) is 31.2 Å². The lowest BCUT2D eigenvalue weighted by atomic mass is 9.95. The average Bonchev–Trinajstić information content (AvgIpc) is 2.64. The maximum absolute atomic E-state index is 12.3. The molecule has 24 heavy (non-hydrogen) atoms. The molecule has 0 aliphatic carbocycles. The van der Waals surface area contributed by atoms with Gasteiger partial charge in [0.1, 0.15) is 0 Å². The molecule has 0 aromatic heterocycles. The van der Waals surface area contributed by atoms with E-state index in [1.807, 2.05) is 35.2 Å². The number of piperidine rings is 1. The molecule has 0 radical (unpaired) electrons. The van der Waals surface area contributed by atoms with Crippen molar-refractivity contribution in [3.63, 3.8) is 0 Å². The van der Waals surface area contributed by atoms with E-state index in [1.165, 1.54) is 5.56 Å². The summed E-state index contributed by atoms with van der Waals surface area (Å²) in [5.74, 6) is 0.339. The van der Waals surface area contributed by atoms with Crippen LogP contribution in [-0.4, -0.2) is 50.1 Å². The minimum atomic E-state index is 0.0331. The van der Waals surface area contributed by atoms with Crippen LogP contribution in [0.15, 0.2) is 30.3 Å². The molecule has 0 atom stereocenters. The Morgan fingerprint density at radius 1 is 1.21 bits per heavy atom. The van der Waals surface area contributed by atoms with E-state index in [1.54, 1.807) is 7.11 Å². The van der Waals surface area contributed by atoms with Gasteiger partial charge in [0.25, 0.3) is 0 Å². The number of aryl methyl sites for hydroxylation is 1. The Bertz CT molecular complexity index is 511. The van der Waals surface area contributed by atoms with Gasteiger partial charge in [-0.25, -0.2) is 0 Å². The van der Waals surface area contributed by atoms with Crippen LogP contribution in [0.5, 0.6) is 0 Å². The number of hydrogen-bond donors (Lipinski definition) is 1. The largest absolute Gasteiger partial charge is 0.385 e. The zero-order valence-electron chi connectivity index (χ0n) is 14.5. The van der Waals surface area contributed by atoms with Gasteiger partial charge in [-0.3, -0.25) is 9.59 Å². The molecule has 1 heterocycles. The van der Waals surface area contributed by atoms with Crippen LogP contribution in [-0.2, 0) is 20.7 Å². The van der Waals surface area contributed by atoms with Gasteiger partial charge in [-0.15, -0.1) is 0 Å². The van der Waals surface area contributed by atoms with Crippen molar-refractivity contribution in [1.82, 2.24) is 10.2 Å². The van der Waals surface area contributed by atoms with E-state index in [4.69, 9.17) is 4.74 Å². The van der Waals surface area contributed by atoms with Crippen molar-refractivity contribution in [2.24, 2.45) is 5.92 Å². The molecule has 0 bridgehead atoms. The summed E-state index contributed by atoms with van der Waals surface area (Å²) in [7, 11) is 1.66. The van der Waals surface area contributed by atoms with Gasteiger partial charge in [0.15, 0.2) is 0 Å². The van der Waals surface area contributed by atoms with Crippen LogP contribution in [0, 0.1) is 5.92 Å².